The van der Waals surface area contributed by atoms with E-state index in [0.29, 0.717) is 50.8 Å². The zero-order chi connectivity index (χ0) is 20.2. The van der Waals surface area contributed by atoms with Gasteiger partial charge in [0.05, 0.1) is 18.4 Å². The van der Waals surface area contributed by atoms with E-state index in [1.807, 2.05) is 36.1 Å². The molecule has 0 bridgehead atoms. The molecule has 4 rings (SSSR count). The van der Waals surface area contributed by atoms with Crippen molar-refractivity contribution in [2.45, 2.75) is 13.3 Å². The van der Waals surface area contributed by atoms with Crippen LogP contribution in [0.5, 0.6) is 5.75 Å². The van der Waals surface area contributed by atoms with Crippen LogP contribution in [-0.2, 0) is 9.59 Å². The minimum Gasteiger partial charge on any atom is -0.494 e. The van der Waals surface area contributed by atoms with Crippen LogP contribution in [0.2, 0.25) is 0 Å². The summed E-state index contributed by atoms with van der Waals surface area (Å²) < 4.78 is 5.40. The van der Waals surface area contributed by atoms with E-state index in [1.165, 1.54) is 0 Å². The van der Waals surface area contributed by atoms with Gasteiger partial charge in [-0.1, -0.05) is 0 Å². The van der Waals surface area contributed by atoms with E-state index < -0.39 is 0 Å². The molecule has 2 aliphatic rings. The lowest BCUT2D eigenvalue weighted by atomic mass is 10.2. The van der Waals surface area contributed by atoms with Gasteiger partial charge in [-0.25, -0.2) is 9.97 Å². The minimum atomic E-state index is -0.246. The molecule has 8 heteroatoms. The fraction of sp³-hybridized carbons (Fsp3) is 0.429. The van der Waals surface area contributed by atoms with E-state index in [2.05, 4.69) is 20.2 Å². The first-order valence-electron chi connectivity index (χ1n) is 10.00. The molecule has 1 N–H and O–H groups in total. The number of hydrogen-bond acceptors (Lipinski definition) is 6. The molecule has 0 spiro atoms. The van der Waals surface area contributed by atoms with Gasteiger partial charge >= 0.3 is 0 Å². The van der Waals surface area contributed by atoms with Gasteiger partial charge in [-0.15, -0.1) is 0 Å². The van der Waals surface area contributed by atoms with E-state index in [4.69, 9.17) is 4.74 Å². The fourth-order valence-corrected chi connectivity index (χ4v) is 3.61. The Labute approximate surface area is 169 Å². The van der Waals surface area contributed by atoms with E-state index in [1.54, 1.807) is 18.5 Å². The molecule has 2 heterocycles. The van der Waals surface area contributed by atoms with Crippen LogP contribution in [0.25, 0.3) is 0 Å². The van der Waals surface area contributed by atoms with Crippen molar-refractivity contribution in [1.29, 1.82) is 0 Å². The number of aromatic nitrogens is 2. The largest absolute Gasteiger partial charge is 0.494 e. The van der Waals surface area contributed by atoms with Crippen LogP contribution in [0.4, 0.5) is 11.6 Å². The normalized spacial score (nSPS) is 20.9. The van der Waals surface area contributed by atoms with Gasteiger partial charge in [-0.2, -0.15) is 0 Å². The van der Waals surface area contributed by atoms with Crippen molar-refractivity contribution in [2.75, 3.05) is 43.0 Å². The van der Waals surface area contributed by atoms with E-state index in [0.717, 1.165) is 5.75 Å². The van der Waals surface area contributed by atoms with Crippen molar-refractivity contribution in [3.8, 4) is 5.75 Å². The Balaban J connectivity index is 1.25. The molecule has 2 atom stereocenters. The van der Waals surface area contributed by atoms with Gasteiger partial charge in [0, 0.05) is 44.3 Å². The maximum Gasteiger partial charge on any atom is 0.228 e. The SMILES string of the molecule is CCOc1ccc(NC(=O)C2CC2C(=O)N2CCN(c3ncccn3)CC2)cc1. The van der Waals surface area contributed by atoms with Crippen LogP contribution in [0.3, 0.4) is 0 Å². The Bertz CT molecular complexity index is 850. The van der Waals surface area contributed by atoms with Gasteiger partial charge in [0.25, 0.3) is 0 Å². The number of amides is 2. The third kappa shape index (κ3) is 4.47. The highest BCUT2D eigenvalue weighted by Gasteiger charge is 2.49. The molecule has 1 saturated carbocycles. The predicted octanol–water partition coefficient (Wildman–Crippen LogP) is 1.80. The van der Waals surface area contributed by atoms with Gasteiger partial charge in [0.1, 0.15) is 5.75 Å². The summed E-state index contributed by atoms with van der Waals surface area (Å²) in [7, 11) is 0. The first kappa shape index (κ1) is 19.2. The highest BCUT2D eigenvalue weighted by molar-refractivity contribution is 5.99. The predicted molar refractivity (Wildman–Crippen MR) is 109 cm³/mol. The van der Waals surface area contributed by atoms with Crippen molar-refractivity contribution in [3.05, 3.63) is 42.7 Å². The van der Waals surface area contributed by atoms with Gasteiger partial charge in [0.2, 0.25) is 17.8 Å². The van der Waals surface area contributed by atoms with E-state index in [9.17, 15) is 9.59 Å². The number of nitrogens with zero attached hydrogens (tertiary/aromatic N) is 4. The fourth-order valence-electron chi connectivity index (χ4n) is 3.61. The zero-order valence-electron chi connectivity index (χ0n) is 16.5. The molecular weight excluding hydrogens is 370 g/mol. The third-order valence-corrected chi connectivity index (χ3v) is 5.30. The second kappa shape index (κ2) is 8.46. The topological polar surface area (TPSA) is 87.7 Å². The minimum absolute atomic E-state index is 0.0745. The quantitative estimate of drug-likeness (QED) is 0.803. The first-order valence-corrected chi connectivity index (χ1v) is 10.00. The lowest BCUT2D eigenvalue weighted by Gasteiger charge is -2.34. The van der Waals surface area contributed by atoms with Crippen molar-refractivity contribution < 1.29 is 14.3 Å². The molecule has 1 aliphatic heterocycles. The third-order valence-electron chi connectivity index (χ3n) is 5.30. The number of benzene rings is 1. The summed E-state index contributed by atoms with van der Waals surface area (Å²) in [5.74, 6) is 0.986. The summed E-state index contributed by atoms with van der Waals surface area (Å²) in [5, 5.41) is 2.90. The van der Waals surface area contributed by atoms with Crippen LogP contribution >= 0.6 is 0 Å². The van der Waals surface area contributed by atoms with Gasteiger partial charge in [0.15, 0.2) is 0 Å². The summed E-state index contributed by atoms with van der Waals surface area (Å²) in [5.41, 5.74) is 0.716. The Morgan fingerprint density at radius 3 is 2.41 bits per heavy atom. The average molecular weight is 395 g/mol. The summed E-state index contributed by atoms with van der Waals surface area (Å²) in [6.07, 6.45) is 4.05. The second-order valence-corrected chi connectivity index (χ2v) is 7.26. The Morgan fingerprint density at radius 1 is 1.07 bits per heavy atom. The summed E-state index contributed by atoms with van der Waals surface area (Å²) in [6, 6.07) is 9.06. The number of nitrogens with one attached hydrogen (secondary N) is 1. The monoisotopic (exact) mass is 395 g/mol. The lowest BCUT2D eigenvalue weighted by molar-refractivity contribution is -0.134. The maximum absolute atomic E-state index is 12.8. The van der Waals surface area contributed by atoms with Crippen molar-refractivity contribution in [1.82, 2.24) is 14.9 Å². The number of anilines is 2. The molecular formula is C21H25N5O3. The highest BCUT2D eigenvalue weighted by atomic mass is 16.5. The van der Waals surface area contributed by atoms with Crippen molar-refractivity contribution >= 4 is 23.5 Å². The molecule has 152 valence electrons. The molecule has 1 aromatic carbocycles. The lowest BCUT2D eigenvalue weighted by Crippen LogP contribution is -2.50. The number of ether oxygens (including phenoxy) is 1. The molecule has 2 unspecified atom stereocenters. The van der Waals surface area contributed by atoms with Crippen LogP contribution in [0.1, 0.15) is 13.3 Å². The summed E-state index contributed by atoms with van der Waals surface area (Å²) >= 11 is 0. The molecule has 29 heavy (non-hydrogen) atoms. The average Bonchev–Trinajstić information content (AvgIpc) is 3.57. The van der Waals surface area contributed by atoms with Crippen LogP contribution in [-0.4, -0.2) is 59.5 Å². The molecule has 1 aliphatic carbocycles. The van der Waals surface area contributed by atoms with E-state index in [-0.39, 0.29) is 23.7 Å². The molecule has 0 radical (unpaired) electrons. The second-order valence-electron chi connectivity index (χ2n) is 7.26. The first-order chi connectivity index (χ1) is 14.2. The zero-order valence-corrected chi connectivity index (χ0v) is 16.5. The number of carbonyl (C=O) groups is 2. The van der Waals surface area contributed by atoms with Gasteiger partial charge < -0.3 is 19.9 Å². The van der Waals surface area contributed by atoms with E-state index >= 15 is 0 Å². The van der Waals surface area contributed by atoms with Crippen LogP contribution < -0.4 is 15.0 Å². The maximum atomic E-state index is 12.8. The molecule has 8 nitrogen and oxygen atoms in total. The summed E-state index contributed by atoms with van der Waals surface area (Å²) in [6.45, 7) is 5.18. The van der Waals surface area contributed by atoms with Gasteiger partial charge in [-0.3, -0.25) is 9.59 Å². The summed E-state index contributed by atoms with van der Waals surface area (Å²) in [4.78, 5) is 37.7. The molecule has 2 fully saturated rings. The molecule has 2 amide bonds. The van der Waals surface area contributed by atoms with Crippen molar-refractivity contribution in [2.24, 2.45) is 11.8 Å². The smallest absolute Gasteiger partial charge is 0.228 e. The number of piperazine rings is 1. The number of hydrogen-bond donors (Lipinski definition) is 1. The van der Waals surface area contributed by atoms with Crippen LogP contribution in [0, 0.1) is 11.8 Å². The molecule has 2 aromatic rings. The standard InChI is InChI=1S/C21H25N5O3/c1-2-29-16-6-4-15(5-7-16)24-19(27)17-14-18(17)20(28)25-10-12-26(13-11-25)21-22-8-3-9-23-21/h3-9,17-18H,2,10-14H2,1H3,(H,24,27). The Hall–Kier alpha value is -3.16. The number of carbonyl (C=O) groups excluding carboxylic acids is 2. The Kier molecular flexibility index (Phi) is 5.59. The molecule has 1 saturated heterocycles. The van der Waals surface area contributed by atoms with Gasteiger partial charge in [-0.05, 0) is 43.7 Å². The molecule has 1 aromatic heterocycles. The Morgan fingerprint density at radius 2 is 1.76 bits per heavy atom. The number of rotatable bonds is 6. The highest BCUT2D eigenvalue weighted by Crippen LogP contribution is 2.41. The van der Waals surface area contributed by atoms with Crippen molar-refractivity contribution in [3.63, 3.8) is 0 Å². The van der Waals surface area contributed by atoms with Crippen LogP contribution in [0.15, 0.2) is 42.7 Å².